The number of benzene rings is 2. The maximum Gasteiger partial charge on any atom is 0.264 e. The van der Waals surface area contributed by atoms with Crippen LogP contribution < -0.4 is 14.2 Å². The Morgan fingerprint density at radius 2 is 2.07 bits per heavy atom. The van der Waals surface area contributed by atoms with Crippen molar-refractivity contribution in [3.8, 4) is 23.3 Å². The van der Waals surface area contributed by atoms with Gasteiger partial charge < -0.3 is 19.1 Å². The average Bonchev–Trinajstić information content (AvgIpc) is 3.12. The summed E-state index contributed by atoms with van der Waals surface area (Å²) in [7, 11) is 3.22. The van der Waals surface area contributed by atoms with Crippen LogP contribution in [-0.2, 0) is 11.4 Å². The summed E-state index contributed by atoms with van der Waals surface area (Å²) < 4.78 is 18.3. The van der Waals surface area contributed by atoms with Gasteiger partial charge in [0.25, 0.3) is 5.91 Å². The third-order valence-electron chi connectivity index (χ3n) is 3.91. The highest BCUT2D eigenvalue weighted by Crippen LogP contribution is 2.35. The largest absolute Gasteiger partial charge is 0.487 e. The molecular weight excluding hydrogens is 539 g/mol. The fourth-order valence-electron chi connectivity index (χ4n) is 2.54. The zero-order valence-electron chi connectivity index (χ0n) is 15.2. The van der Waals surface area contributed by atoms with Crippen LogP contribution >= 0.6 is 38.5 Å². The van der Waals surface area contributed by atoms with E-state index >= 15 is 0 Å². The molecule has 0 atom stereocenters. The Morgan fingerprint density at radius 3 is 2.75 bits per heavy atom. The molecule has 0 aliphatic carbocycles. The van der Waals surface area contributed by atoms with Crippen LogP contribution in [0, 0.1) is 14.9 Å². The molecule has 6 nitrogen and oxygen atoms in total. The number of fused-ring (bicyclic) bond motifs is 1. The average molecular weight is 555 g/mol. The van der Waals surface area contributed by atoms with Crippen molar-refractivity contribution < 1.29 is 19.0 Å². The number of nitriles is 1. The molecule has 0 fully saturated rings. The van der Waals surface area contributed by atoms with Gasteiger partial charge in [0.05, 0.1) is 8.04 Å². The quantitative estimate of drug-likeness (QED) is 0.312. The summed E-state index contributed by atoms with van der Waals surface area (Å²) in [5, 5.41) is 9.25. The first-order valence-electron chi connectivity index (χ1n) is 8.23. The number of rotatable bonds is 5. The molecule has 0 bridgehead atoms. The van der Waals surface area contributed by atoms with E-state index in [4.69, 9.17) is 14.2 Å². The topological polar surface area (TPSA) is 71.8 Å². The first-order valence-corrected chi connectivity index (χ1v) is 10.1. The number of hydrogen-bond acceptors (Lipinski definition) is 5. The van der Waals surface area contributed by atoms with E-state index < -0.39 is 0 Å². The molecule has 0 unspecified atom stereocenters. The second-order valence-corrected chi connectivity index (χ2v) is 8.18. The van der Waals surface area contributed by atoms with Gasteiger partial charge in [-0.2, -0.15) is 5.26 Å². The van der Waals surface area contributed by atoms with Crippen LogP contribution in [-0.4, -0.2) is 31.7 Å². The molecular formula is C20H16BrIN2O4. The van der Waals surface area contributed by atoms with Crippen LogP contribution in [0.15, 0.2) is 40.4 Å². The minimum atomic E-state index is -0.336. The second kappa shape index (κ2) is 8.84. The standard InChI is InChI=1S/C20H16BrIN2O4/c1-24(2)20(25)14(9-23)5-13-6-15(21)19(16(22)7-13)26-10-12-3-4-17-18(8-12)28-11-27-17/h3-8H,10-11H2,1-2H3/b14-5-. The molecule has 8 heteroatoms. The zero-order valence-corrected chi connectivity index (χ0v) is 18.9. The number of carbonyl (C=O) groups excluding carboxylic acids is 1. The number of likely N-dealkylation sites (N-methyl/N-ethyl adjacent to an activating group) is 1. The molecule has 0 spiro atoms. The van der Waals surface area contributed by atoms with E-state index in [2.05, 4.69) is 38.5 Å². The van der Waals surface area contributed by atoms with Gasteiger partial charge in [-0.15, -0.1) is 0 Å². The van der Waals surface area contributed by atoms with Gasteiger partial charge in [-0.05, 0) is 80.0 Å². The molecule has 1 aliphatic heterocycles. The number of carbonyl (C=O) groups is 1. The summed E-state index contributed by atoms with van der Waals surface area (Å²) >= 11 is 5.68. The van der Waals surface area contributed by atoms with E-state index in [0.717, 1.165) is 24.9 Å². The van der Waals surface area contributed by atoms with Crippen molar-refractivity contribution in [1.82, 2.24) is 4.90 Å². The lowest BCUT2D eigenvalue weighted by Crippen LogP contribution is -2.22. The number of halogens is 2. The Kier molecular flexibility index (Phi) is 6.46. The van der Waals surface area contributed by atoms with E-state index in [1.165, 1.54) is 4.90 Å². The lowest BCUT2D eigenvalue weighted by atomic mass is 10.1. The first kappa shape index (κ1) is 20.5. The first-order chi connectivity index (χ1) is 13.4. The third kappa shape index (κ3) is 4.59. The lowest BCUT2D eigenvalue weighted by Gasteiger charge is -2.12. The predicted molar refractivity (Wildman–Crippen MR) is 116 cm³/mol. The molecule has 3 rings (SSSR count). The summed E-state index contributed by atoms with van der Waals surface area (Å²) in [5.41, 5.74) is 1.76. The van der Waals surface area contributed by atoms with Crippen LogP contribution in [0.2, 0.25) is 0 Å². The maximum absolute atomic E-state index is 12.0. The Bertz CT molecular complexity index is 975. The lowest BCUT2D eigenvalue weighted by molar-refractivity contribution is -0.124. The molecule has 144 valence electrons. The molecule has 0 radical (unpaired) electrons. The summed E-state index contributed by atoms with van der Waals surface area (Å²) in [5.74, 6) is 1.80. The Balaban J connectivity index is 1.78. The van der Waals surface area contributed by atoms with Crippen LogP contribution in [0.3, 0.4) is 0 Å². The van der Waals surface area contributed by atoms with Gasteiger partial charge in [0.15, 0.2) is 11.5 Å². The Morgan fingerprint density at radius 1 is 1.32 bits per heavy atom. The summed E-state index contributed by atoms with van der Waals surface area (Å²) in [6, 6.07) is 11.3. The summed E-state index contributed by atoms with van der Waals surface area (Å²) in [4.78, 5) is 13.4. The summed E-state index contributed by atoms with van der Waals surface area (Å²) in [6.07, 6.45) is 1.57. The van der Waals surface area contributed by atoms with Crippen molar-refractivity contribution in [2.24, 2.45) is 0 Å². The fourth-order valence-corrected chi connectivity index (χ4v) is 4.31. The molecule has 2 aromatic carbocycles. The van der Waals surface area contributed by atoms with Crippen molar-refractivity contribution in [3.05, 3.63) is 55.1 Å². The fraction of sp³-hybridized carbons (Fsp3) is 0.200. The van der Waals surface area contributed by atoms with Crippen molar-refractivity contribution in [2.45, 2.75) is 6.61 Å². The van der Waals surface area contributed by atoms with Crippen LogP contribution in [0.25, 0.3) is 6.08 Å². The Hall–Kier alpha value is -2.25. The minimum absolute atomic E-state index is 0.0710. The van der Waals surface area contributed by atoms with Crippen LogP contribution in [0.1, 0.15) is 11.1 Å². The van der Waals surface area contributed by atoms with Gasteiger partial charge in [0, 0.05) is 14.1 Å². The normalized spacial score (nSPS) is 12.5. The van der Waals surface area contributed by atoms with Crippen molar-refractivity contribution >= 4 is 50.5 Å². The van der Waals surface area contributed by atoms with Gasteiger partial charge in [-0.25, -0.2) is 0 Å². The molecule has 0 aromatic heterocycles. The van der Waals surface area contributed by atoms with Gasteiger partial charge in [0.1, 0.15) is 24.0 Å². The van der Waals surface area contributed by atoms with Crippen LogP contribution in [0.4, 0.5) is 0 Å². The zero-order chi connectivity index (χ0) is 20.3. The summed E-state index contributed by atoms with van der Waals surface area (Å²) in [6.45, 7) is 0.599. The van der Waals surface area contributed by atoms with Crippen molar-refractivity contribution in [1.29, 1.82) is 5.26 Å². The van der Waals surface area contributed by atoms with E-state index in [9.17, 15) is 10.1 Å². The molecule has 28 heavy (non-hydrogen) atoms. The highest BCUT2D eigenvalue weighted by molar-refractivity contribution is 14.1. The van der Waals surface area contributed by atoms with E-state index in [1.807, 2.05) is 36.4 Å². The Labute approximate surface area is 184 Å². The van der Waals surface area contributed by atoms with Crippen molar-refractivity contribution in [2.75, 3.05) is 20.9 Å². The van der Waals surface area contributed by atoms with Gasteiger partial charge in [-0.1, -0.05) is 6.07 Å². The SMILES string of the molecule is CN(C)C(=O)/C(C#N)=C\c1cc(Br)c(OCc2ccc3c(c2)OCO3)c(I)c1. The van der Waals surface area contributed by atoms with Crippen molar-refractivity contribution in [3.63, 3.8) is 0 Å². The minimum Gasteiger partial charge on any atom is -0.487 e. The van der Waals surface area contributed by atoms with Gasteiger partial charge in [0.2, 0.25) is 6.79 Å². The molecule has 0 N–H and O–H groups in total. The number of ether oxygens (including phenoxy) is 3. The monoisotopic (exact) mass is 554 g/mol. The number of nitrogens with zero attached hydrogens (tertiary/aromatic N) is 2. The molecule has 0 saturated heterocycles. The third-order valence-corrected chi connectivity index (χ3v) is 5.30. The highest BCUT2D eigenvalue weighted by Gasteiger charge is 2.15. The predicted octanol–water partition coefficient (Wildman–Crippen LogP) is 4.36. The smallest absolute Gasteiger partial charge is 0.264 e. The molecule has 0 saturated carbocycles. The molecule has 1 aliphatic rings. The van der Waals surface area contributed by atoms with E-state index in [1.54, 1.807) is 20.2 Å². The molecule has 1 heterocycles. The van der Waals surface area contributed by atoms with Gasteiger partial charge in [-0.3, -0.25) is 4.79 Å². The molecule has 1 amide bonds. The molecule has 2 aromatic rings. The van der Waals surface area contributed by atoms with Gasteiger partial charge >= 0.3 is 0 Å². The number of amides is 1. The second-order valence-electron chi connectivity index (χ2n) is 6.16. The van der Waals surface area contributed by atoms with Crippen LogP contribution in [0.5, 0.6) is 17.2 Å². The maximum atomic E-state index is 12.0. The number of hydrogen-bond donors (Lipinski definition) is 0. The van der Waals surface area contributed by atoms with E-state index in [-0.39, 0.29) is 18.3 Å². The van der Waals surface area contributed by atoms with E-state index in [0.29, 0.717) is 18.1 Å². The highest BCUT2D eigenvalue weighted by atomic mass is 127.